The van der Waals surface area contributed by atoms with Crippen molar-refractivity contribution in [1.82, 2.24) is 9.38 Å². The molecular weight excluding hydrogens is 609 g/mol. The predicted octanol–water partition coefficient (Wildman–Crippen LogP) is 11.5. The van der Waals surface area contributed by atoms with E-state index in [1.165, 1.54) is 27.3 Å². The number of pyridine rings is 1. The van der Waals surface area contributed by atoms with E-state index in [4.69, 9.17) is 10.1 Å². The number of nitrogens with one attached hydrogen (secondary N) is 1. The molecule has 50 heavy (non-hydrogen) atoms. The Morgan fingerprint density at radius 2 is 1.06 bits per heavy atom. The molecule has 0 spiro atoms. The van der Waals surface area contributed by atoms with E-state index in [9.17, 15) is 0 Å². The molecule has 7 aromatic carbocycles. The van der Waals surface area contributed by atoms with Crippen LogP contribution in [0.1, 0.15) is 11.1 Å². The summed E-state index contributed by atoms with van der Waals surface area (Å²) in [4.78, 5) is 5.04. The highest BCUT2D eigenvalue weighted by atomic mass is 15.3. The number of nitrogens with zero attached hydrogens (tertiary/aromatic N) is 3. The van der Waals surface area contributed by atoms with Crippen LogP contribution in [0.15, 0.2) is 193 Å². The minimum Gasteiger partial charge on any atom is -0.299 e. The summed E-state index contributed by atoms with van der Waals surface area (Å²) in [6.07, 6.45) is 2.08. The fourth-order valence-electron chi connectivity index (χ4n) is 6.82. The van der Waals surface area contributed by atoms with Crippen LogP contribution in [0.3, 0.4) is 0 Å². The first kappa shape index (κ1) is 29.4. The summed E-state index contributed by atoms with van der Waals surface area (Å²) in [5, 5.41) is 9.68. The molecule has 0 aliphatic heterocycles. The molecule has 0 aliphatic rings. The van der Waals surface area contributed by atoms with Gasteiger partial charge in [0.15, 0.2) is 0 Å². The van der Waals surface area contributed by atoms with Gasteiger partial charge >= 0.3 is 0 Å². The van der Waals surface area contributed by atoms with E-state index in [2.05, 4.69) is 149 Å². The van der Waals surface area contributed by atoms with Gasteiger partial charge in [0.1, 0.15) is 5.65 Å². The standard InChI is InChI=1S/C46H32N4/c1-4-12-33(13-5-1)44(34-14-6-2-7-15-34)49-48-40-26-28-42-39(31-40)24-23-38-30-37(25-27-41(38)42)32-19-21-35(22-20-32)45-46(36-16-8-3-9-17-36)50-29-11-10-18-43(50)47-45/h1-31,48H. The molecule has 1 N–H and O–H groups in total. The molecule has 236 valence electrons. The summed E-state index contributed by atoms with van der Waals surface area (Å²) >= 11 is 0. The molecule has 2 aromatic heterocycles. The van der Waals surface area contributed by atoms with Crippen molar-refractivity contribution < 1.29 is 0 Å². The SMILES string of the molecule is c1ccc(C(=NNc2ccc3c(ccc4cc(-c5ccc(-c6nc7ccccn7c6-c6ccccc6)cc5)ccc43)c2)c2ccccc2)cc1. The maximum absolute atomic E-state index is 5.04. The minimum atomic E-state index is 0.903. The van der Waals surface area contributed by atoms with E-state index in [-0.39, 0.29) is 0 Å². The summed E-state index contributed by atoms with van der Waals surface area (Å²) in [6.45, 7) is 0. The van der Waals surface area contributed by atoms with Gasteiger partial charge in [-0.2, -0.15) is 5.10 Å². The lowest BCUT2D eigenvalue weighted by Crippen LogP contribution is -2.06. The van der Waals surface area contributed by atoms with E-state index in [0.29, 0.717) is 0 Å². The average Bonchev–Trinajstić information content (AvgIpc) is 3.59. The van der Waals surface area contributed by atoms with Gasteiger partial charge in [-0.25, -0.2) is 4.98 Å². The first-order valence-corrected chi connectivity index (χ1v) is 16.8. The number of fused-ring (bicyclic) bond motifs is 4. The molecule has 0 bridgehead atoms. The third-order valence-corrected chi connectivity index (χ3v) is 9.30. The zero-order valence-electron chi connectivity index (χ0n) is 27.2. The van der Waals surface area contributed by atoms with Gasteiger partial charge < -0.3 is 0 Å². The largest absolute Gasteiger partial charge is 0.299 e. The Labute approximate surface area is 290 Å². The summed E-state index contributed by atoms with van der Waals surface area (Å²) in [7, 11) is 0. The van der Waals surface area contributed by atoms with E-state index >= 15 is 0 Å². The molecule has 9 aromatic rings. The molecule has 0 amide bonds. The fourth-order valence-corrected chi connectivity index (χ4v) is 6.82. The quantitative estimate of drug-likeness (QED) is 0.107. The monoisotopic (exact) mass is 640 g/mol. The second kappa shape index (κ2) is 12.7. The van der Waals surface area contributed by atoms with Gasteiger partial charge in [0, 0.05) is 28.5 Å². The van der Waals surface area contributed by atoms with Crippen molar-refractivity contribution in [2.45, 2.75) is 0 Å². The lowest BCUT2D eigenvalue weighted by atomic mass is 9.96. The third-order valence-electron chi connectivity index (χ3n) is 9.30. The summed E-state index contributed by atoms with van der Waals surface area (Å²) < 4.78 is 2.17. The highest BCUT2D eigenvalue weighted by Crippen LogP contribution is 2.35. The highest BCUT2D eigenvalue weighted by Gasteiger charge is 2.16. The molecule has 2 heterocycles. The van der Waals surface area contributed by atoms with Gasteiger partial charge in [-0.15, -0.1) is 0 Å². The van der Waals surface area contributed by atoms with Crippen molar-refractivity contribution >= 4 is 38.6 Å². The predicted molar refractivity (Wildman–Crippen MR) is 209 cm³/mol. The van der Waals surface area contributed by atoms with E-state index in [0.717, 1.165) is 56.1 Å². The van der Waals surface area contributed by atoms with Crippen LogP contribution in [0.4, 0.5) is 5.69 Å². The topological polar surface area (TPSA) is 41.7 Å². The van der Waals surface area contributed by atoms with Crippen LogP contribution in [-0.4, -0.2) is 15.1 Å². The molecule has 0 radical (unpaired) electrons. The molecule has 0 unspecified atom stereocenters. The van der Waals surface area contributed by atoms with Gasteiger partial charge in [0.2, 0.25) is 0 Å². The maximum atomic E-state index is 5.04. The van der Waals surface area contributed by atoms with Crippen LogP contribution in [0.5, 0.6) is 0 Å². The lowest BCUT2D eigenvalue weighted by molar-refractivity contribution is 1.19. The second-order valence-electron chi connectivity index (χ2n) is 12.4. The highest BCUT2D eigenvalue weighted by molar-refractivity contribution is 6.13. The molecular formula is C46H32N4. The third kappa shape index (κ3) is 5.49. The molecule has 9 rings (SSSR count). The van der Waals surface area contributed by atoms with Crippen LogP contribution in [0.2, 0.25) is 0 Å². The Hall–Kier alpha value is -6.78. The lowest BCUT2D eigenvalue weighted by Gasteiger charge is -2.11. The summed E-state index contributed by atoms with van der Waals surface area (Å²) in [6, 6.07) is 63.6. The van der Waals surface area contributed by atoms with Crippen molar-refractivity contribution in [3.63, 3.8) is 0 Å². The zero-order chi connectivity index (χ0) is 33.3. The molecule has 0 atom stereocenters. The number of benzene rings is 7. The summed E-state index contributed by atoms with van der Waals surface area (Å²) in [5.74, 6) is 0. The molecule has 0 fully saturated rings. The average molecular weight is 641 g/mol. The number of hydrazone groups is 1. The number of imidazole rings is 1. The smallest absolute Gasteiger partial charge is 0.137 e. The van der Waals surface area contributed by atoms with E-state index in [1.807, 2.05) is 48.5 Å². The number of rotatable bonds is 7. The Balaban J connectivity index is 1.01. The molecule has 0 saturated carbocycles. The van der Waals surface area contributed by atoms with Crippen molar-refractivity contribution in [1.29, 1.82) is 0 Å². The fraction of sp³-hybridized carbons (Fsp3) is 0. The molecule has 4 nitrogen and oxygen atoms in total. The van der Waals surface area contributed by atoms with Crippen molar-refractivity contribution in [2.75, 3.05) is 5.43 Å². The first-order valence-electron chi connectivity index (χ1n) is 16.8. The number of aromatic nitrogens is 2. The molecule has 4 heteroatoms. The van der Waals surface area contributed by atoms with Gasteiger partial charge in [0.05, 0.1) is 22.8 Å². The maximum Gasteiger partial charge on any atom is 0.137 e. The van der Waals surface area contributed by atoms with Gasteiger partial charge in [-0.3, -0.25) is 9.83 Å². The minimum absolute atomic E-state index is 0.903. The Kier molecular flexibility index (Phi) is 7.45. The summed E-state index contributed by atoms with van der Waals surface area (Å²) in [5.41, 5.74) is 14.9. The molecule has 0 saturated heterocycles. The van der Waals surface area contributed by atoms with Crippen LogP contribution < -0.4 is 5.43 Å². The Bertz CT molecular complexity index is 2600. The van der Waals surface area contributed by atoms with Gasteiger partial charge in [0.25, 0.3) is 0 Å². The first-order chi connectivity index (χ1) is 24.8. The Morgan fingerprint density at radius 3 is 1.76 bits per heavy atom. The van der Waals surface area contributed by atoms with Crippen LogP contribution >= 0.6 is 0 Å². The number of anilines is 1. The number of hydrogen-bond acceptors (Lipinski definition) is 3. The van der Waals surface area contributed by atoms with E-state index < -0.39 is 0 Å². The van der Waals surface area contributed by atoms with Crippen LogP contribution in [0.25, 0.3) is 60.8 Å². The van der Waals surface area contributed by atoms with Crippen LogP contribution in [0, 0.1) is 0 Å². The van der Waals surface area contributed by atoms with Gasteiger partial charge in [-0.1, -0.05) is 152 Å². The molecule has 0 aliphatic carbocycles. The van der Waals surface area contributed by atoms with E-state index in [1.54, 1.807) is 0 Å². The number of hydrogen-bond donors (Lipinski definition) is 1. The van der Waals surface area contributed by atoms with Crippen molar-refractivity contribution in [3.05, 3.63) is 199 Å². The second-order valence-corrected chi connectivity index (χ2v) is 12.4. The Morgan fingerprint density at radius 1 is 0.480 bits per heavy atom. The van der Waals surface area contributed by atoms with Crippen molar-refractivity contribution in [3.8, 4) is 33.6 Å². The van der Waals surface area contributed by atoms with Crippen molar-refractivity contribution in [2.24, 2.45) is 5.10 Å². The normalized spacial score (nSPS) is 11.2. The van der Waals surface area contributed by atoms with Crippen LogP contribution in [-0.2, 0) is 0 Å². The van der Waals surface area contributed by atoms with Gasteiger partial charge in [-0.05, 0) is 63.0 Å². The zero-order valence-corrected chi connectivity index (χ0v) is 27.2.